The molecule has 0 amide bonds. The van der Waals surface area contributed by atoms with Crippen molar-refractivity contribution in [2.45, 2.75) is 6.54 Å². The predicted molar refractivity (Wildman–Crippen MR) is 59.9 cm³/mol. The van der Waals surface area contributed by atoms with Gasteiger partial charge >= 0.3 is 0 Å². The smallest absolute Gasteiger partial charge is 0.0733 e. The molecule has 2 rings (SSSR count). The number of thiophene rings is 2. The summed E-state index contributed by atoms with van der Waals surface area (Å²) in [6, 6.07) is 8.27. The molecule has 0 atom stereocenters. The lowest BCUT2D eigenvalue weighted by Gasteiger charge is -1.87. The molecule has 66 valence electrons. The maximum absolute atomic E-state index is 4.35. The van der Waals surface area contributed by atoms with Crippen molar-refractivity contribution < 1.29 is 0 Å². The molecule has 0 saturated heterocycles. The number of hydrogen-bond acceptors (Lipinski definition) is 3. The van der Waals surface area contributed by atoms with Gasteiger partial charge in [0.2, 0.25) is 0 Å². The standard InChI is InChI=1S/C10H9NS2/c1-3-9(12-5-1)7-11-8-10-4-2-6-13-10/h1-7H,8H2. The molecule has 0 aliphatic heterocycles. The van der Waals surface area contributed by atoms with Crippen LogP contribution in [0.25, 0.3) is 0 Å². The maximum atomic E-state index is 4.35. The molecule has 3 heteroatoms. The van der Waals surface area contributed by atoms with E-state index in [4.69, 9.17) is 0 Å². The van der Waals surface area contributed by atoms with Crippen LogP contribution < -0.4 is 0 Å². The second kappa shape index (κ2) is 4.35. The lowest BCUT2D eigenvalue weighted by Crippen LogP contribution is -1.76. The molecule has 2 aromatic heterocycles. The summed E-state index contributed by atoms with van der Waals surface area (Å²) < 4.78 is 0. The summed E-state index contributed by atoms with van der Waals surface area (Å²) in [7, 11) is 0. The largest absolute Gasteiger partial charge is 0.286 e. The summed E-state index contributed by atoms with van der Waals surface area (Å²) in [5.74, 6) is 0. The fourth-order valence-corrected chi connectivity index (χ4v) is 2.24. The highest BCUT2D eigenvalue weighted by Crippen LogP contribution is 2.10. The first kappa shape index (κ1) is 8.66. The van der Waals surface area contributed by atoms with Crippen LogP contribution in [0.2, 0.25) is 0 Å². The van der Waals surface area contributed by atoms with Crippen molar-refractivity contribution >= 4 is 28.9 Å². The van der Waals surface area contributed by atoms with Crippen LogP contribution in [-0.2, 0) is 6.54 Å². The molecule has 0 aliphatic rings. The molecule has 2 aromatic rings. The van der Waals surface area contributed by atoms with Crippen LogP contribution in [-0.4, -0.2) is 6.21 Å². The first-order valence-corrected chi connectivity index (χ1v) is 5.77. The Hall–Kier alpha value is -0.930. The van der Waals surface area contributed by atoms with Gasteiger partial charge in [0.15, 0.2) is 0 Å². The van der Waals surface area contributed by atoms with Crippen LogP contribution in [0, 0.1) is 0 Å². The molecule has 0 aromatic carbocycles. The van der Waals surface area contributed by atoms with Crippen molar-refractivity contribution in [3.05, 3.63) is 44.8 Å². The fraction of sp³-hybridized carbons (Fsp3) is 0.100. The van der Waals surface area contributed by atoms with Crippen LogP contribution >= 0.6 is 22.7 Å². The van der Waals surface area contributed by atoms with Crippen molar-refractivity contribution in [2.75, 3.05) is 0 Å². The van der Waals surface area contributed by atoms with Gasteiger partial charge in [-0.1, -0.05) is 12.1 Å². The summed E-state index contributed by atoms with van der Waals surface area (Å²) in [5.41, 5.74) is 0. The first-order valence-electron chi connectivity index (χ1n) is 4.01. The molecule has 0 aliphatic carbocycles. The molecular weight excluding hydrogens is 198 g/mol. The van der Waals surface area contributed by atoms with E-state index in [0.717, 1.165) is 6.54 Å². The monoisotopic (exact) mass is 207 g/mol. The van der Waals surface area contributed by atoms with Gasteiger partial charge in [0.1, 0.15) is 0 Å². The van der Waals surface area contributed by atoms with Crippen molar-refractivity contribution in [2.24, 2.45) is 4.99 Å². The fourth-order valence-electron chi connectivity index (χ4n) is 0.993. The average molecular weight is 207 g/mol. The summed E-state index contributed by atoms with van der Waals surface area (Å²) in [6.07, 6.45) is 1.93. The second-order valence-corrected chi connectivity index (χ2v) is 4.58. The van der Waals surface area contributed by atoms with Gasteiger partial charge < -0.3 is 0 Å². The van der Waals surface area contributed by atoms with E-state index in [9.17, 15) is 0 Å². The summed E-state index contributed by atoms with van der Waals surface area (Å²) >= 11 is 3.46. The van der Waals surface area contributed by atoms with Gasteiger partial charge in [0, 0.05) is 16.0 Å². The number of rotatable bonds is 3. The van der Waals surface area contributed by atoms with Gasteiger partial charge in [-0.15, -0.1) is 22.7 Å². The second-order valence-electron chi connectivity index (χ2n) is 2.56. The Morgan fingerprint density at radius 1 is 1.15 bits per heavy atom. The van der Waals surface area contributed by atoms with E-state index >= 15 is 0 Å². The van der Waals surface area contributed by atoms with Crippen molar-refractivity contribution in [3.63, 3.8) is 0 Å². The van der Waals surface area contributed by atoms with Crippen LogP contribution in [0.5, 0.6) is 0 Å². The van der Waals surface area contributed by atoms with Crippen LogP contribution in [0.3, 0.4) is 0 Å². The van der Waals surface area contributed by atoms with E-state index in [-0.39, 0.29) is 0 Å². The van der Waals surface area contributed by atoms with E-state index in [1.54, 1.807) is 22.7 Å². The van der Waals surface area contributed by atoms with Crippen LogP contribution in [0.4, 0.5) is 0 Å². The number of aliphatic imine (C=N–C) groups is 1. The first-order chi connectivity index (χ1) is 6.45. The Bertz CT molecular complexity index is 360. The summed E-state index contributed by atoms with van der Waals surface area (Å²) in [5, 5.41) is 4.14. The molecule has 0 saturated carbocycles. The average Bonchev–Trinajstić information content (AvgIpc) is 2.75. The zero-order chi connectivity index (χ0) is 8.93. The lowest BCUT2D eigenvalue weighted by molar-refractivity contribution is 1.11. The Morgan fingerprint density at radius 3 is 2.69 bits per heavy atom. The van der Waals surface area contributed by atoms with Crippen molar-refractivity contribution in [3.8, 4) is 0 Å². The lowest BCUT2D eigenvalue weighted by atomic mass is 10.4. The zero-order valence-corrected chi connectivity index (χ0v) is 8.65. The minimum atomic E-state index is 0.801. The Morgan fingerprint density at radius 2 is 2.00 bits per heavy atom. The molecular formula is C10H9NS2. The zero-order valence-electron chi connectivity index (χ0n) is 7.01. The molecule has 0 fully saturated rings. The minimum absolute atomic E-state index is 0.801. The minimum Gasteiger partial charge on any atom is -0.286 e. The molecule has 1 nitrogen and oxygen atoms in total. The Balaban J connectivity index is 1.93. The third-order valence-corrected chi connectivity index (χ3v) is 3.26. The van der Waals surface area contributed by atoms with E-state index < -0.39 is 0 Å². The highest BCUT2D eigenvalue weighted by Gasteiger charge is 1.89. The summed E-state index contributed by atoms with van der Waals surface area (Å²) in [4.78, 5) is 6.88. The Kier molecular flexibility index (Phi) is 2.90. The van der Waals surface area contributed by atoms with Gasteiger partial charge in [-0.05, 0) is 22.9 Å². The third kappa shape index (κ3) is 2.50. The van der Waals surface area contributed by atoms with Gasteiger partial charge in [-0.25, -0.2) is 0 Å². The van der Waals surface area contributed by atoms with E-state index in [0.29, 0.717) is 0 Å². The number of hydrogen-bond donors (Lipinski definition) is 0. The molecule has 13 heavy (non-hydrogen) atoms. The normalized spacial score (nSPS) is 11.1. The van der Waals surface area contributed by atoms with Crippen LogP contribution in [0.15, 0.2) is 40.0 Å². The number of nitrogens with zero attached hydrogens (tertiary/aromatic N) is 1. The van der Waals surface area contributed by atoms with Gasteiger partial charge in [-0.2, -0.15) is 0 Å². The molecule has 0 unspecified atom stereocenters. The van der Waals surface area contributed by atoms with E-state index in [1.165, 1.54) is 9.75 Å². The third-order valence-electron chi connectivity index (χ3n) is 1.59. The topological polar surface area (TPSA) is 12.4 Å². The van der Waals surface area contributed by atoms with Crippen molar-refractivity contribution in [1.29, 1.82) is 0 Å². The summed E-state index contributed by atoms with van der Waals surface area (Å²) in [6.45, 7) is 0.801. The quantitative estimate of drug-likeness (QED) is 0.684. The Labute approximate surface area is 85.4 Å². The predicted octanol–water partition coefficient (Wildman–Crippen LogP) is 3.43. The van der Waals surface area contributed by atoms with Crippen molar-refractivity contribution in [1.82, 2.24) is 0 Å². The molecule has 0 spiro atoms. The van der Waals surface area contributed by atoms with Crippen LogP contribution in [0.1, 0.15) is 9.75 Å². The van der Waals surface area contributed by atoms with Gasteiger partial charge in [0.05, 0.1) is 6.54 Å². The maximum Gasteiger partial charge on any atom is 0.0733 e. The highest BCUT2D eigenvalue weighted by atomic mass is 32.1. The molecule has 0 radical (unpaired) electrons. The van der Waals surface area contributed by atoms with E-state index in [1.807, 2.05) is 12.3 Å². The SMILES string of the molecule is C(=NCc1cccs1)c1cccs1. The molecule has 0 bridgehead atoms. The molecule has 0 N–H and O–H groups in total. The highest BCUT2D eigenvalue weighted by molar-refractivity contribution is 7.11. The van der Waals surface area contributed by atoms with Gasteiger partial charge in [-0.3, -0.25) is 4.99 Å². The molecule has 2 heterocycles. The van der Waals surface area contributed by atoms with Gasteiger partial charge in [0.25, 0.3) is 0 Å². The van der Waals surface area contributed by atoms with E-state index in [2.05, 4.69) is 34.0 Å².